The van der Waals surface area contributed by atoms with Crippen LogP contribution in [0.2, 0.25) is 0 Å². The standard InChI is InChI=1S/C16H20N4O6/c1-19-12-5-4-10(6-13(12)25-9-14(19)18-24-3)20-8-11(26-16(20)22)7-17-15(21)23-2/h4-6,11H,7-9H2,1-3H3,(H,17,21)/t11-/m0/s1. The number of nitrogens with one attached hydrogen (secondary N) is 1. The Bertz CT molecular complexity index is 737. The van der Waals surface area contributed by atoms with E-state index >= 15 is 0 Å². The predicted octanol–water partition coefficient (Wildman–Crippen LogP) is 1.16. The average molecular weight is 364 g/mol. The highest BCUT2D eigenvalue weighted by Crippen LogP contribution is 2.36. The Balaban J connectivity index is 1.72. The van der Waals surface area contributed by atoms with Gasteiger partial charge in [-0.05, 0) is 12.1 Å². The molecule has 0 aromatic heterocycles. The number of oxime groups is 1. The smallest absolute Gasteiger partial charge is 0.414 e. The second-order valence-electron chi connectivity index (χ2n) is 5.68. The number of alkyl carbamates (subject to hydrolysis) is 1. The number of nitrogens with zero attached hydrogens (tertiary/aromatic N) is 3. The van der Waals surface area contributed by atoms with Gasteiger partial charge in [0.1, 0.15) is 25.6 Å². The van der Waals surface area contributed by atoms with Crippen LogP contribution in [0.3, 0.4) is 0 Å². The summed E-state index contributed by atoms with van der Waals surface area (Å²) in [5.74, 6) is 1.27. The van der Waals surface area contributed by atoms with Gasteiger partial charge < -0.3 is 29.3 Å². The van der Waals surface area contributed by atoms with Crippen molar-refractivity contribution in [2.24, 2.45) is 5.16 Å². The van der Waals surface area contributed by atoms with Crippen molar-refractivity contribution in [1.82, 2.24) is 5.32 Å². The first-order chi connectivity index (χ1) is 12.5. The van der Waals surface area contributed by atoms with Crippen LogP contribution < -0.4 is 19.9 Å². The number of carbonyl (C=O) groups excluding carboxylic acids is 2. The van der Waals surface area contributed by atoms with Crippen LogP contribution in [0, 0.1) is 0 Å². The lowest BCUT2D eigenvalue weighted by Crippen LogP contribution is -2.36. The zero-order valence-electron chi connectivity index (χ0n) is 14.7. The third-order valence-corrected chi connectivity index (χ3v) is 4.09. The molecule has 2 amide bonds. The molecule has 1 aromatic rings. The van der Waals surface area contributed by atoms with Gasteiger partial charge in [-0.2, -0.15) is 0 Å². The highest BCUT2D eigenvalue weighted by Gasteiger charge is 2.33. The zero-order chi connectivity index (χ0) is 18.7. The van der Waals surface area contributed by atoms with E-state index in [-0.39, 0.29) is 13.2 Å². The van der Waals surface area contributed by atoms with Crippen molar-refractivity contribution < 1.29 is 28.6 Å². The van der Waals surface area contributed by atoms with Crippen LogP contribution in [0.1, 0.15) is 0 Å². The molecule has 1 N–H and O–H groups in total. The number of amidine groups is 1. The van der Waals surface area contributed by atoms with Crippen LogP contribution in [0.5, 0.6) is 5.75 Å². The van der Waals surface area contributed by atoms with Gasteiger partial charge in [0, 0.05) is 13.1 Å². The van der Waals surface area contributed by atoms with Crippen molar-refractivity contribution in [3.8, 4) is 5.75 Å². The molecule has 2 heterocycles. The SMILES string of the molecule is CON=C1COc2cc(N3C[C@H](CNC(=O)OC)OC3=O)ccc2N1C. The fourth-order valence-corrected chi connectivity index (χ4v) is 2.74. The van der Waals surface area contributed by atoms with Crippen molar-refractivity contribution in [3.05, 3.63) is 18.2 Å². The fourth-order valence-electron chi connectivity index (χ4n) is 2.74. The first-order valence-corrected chi connectivity index (χ1v) is 7.94. The summed E-state index contributed by atoms with van der Waals surface area (Å²) in [7, 11) is 4.61. The molecule has 0 spiro atoms. The molecule has 0 bridgehead atoms. The highest BCUT2D eigenvalue weighted by atomic mass is 16.6. The summed E-state index contributed by atoms with van der Waals surface area (Å²) in [5.41, 5.74) is 1.46. The van der Waals surface area contributed by atoms with Gasteiger partial charge in [-0.15, -0.1) is 0 Å². The second-order valence-corrected chi connectivity index (χ2v) is 5.68. The van der Waals surface area contributed by atoms with E-state index in [0.717, 1.165) is 5.69 Å². The molecule has 0 saturated carbocycles. The maximum absolute atomic E-state index is 12.1. The average Bonchev–Trinajstić information content (AvgIpc) is 3.02. The molecule has 3 rings (SSSR count). The molecule has 1 atom stereocenters. The molecule has 2 aliphatic heterocycles. The number of hydrogen-bond acceptors (Lipinski definition) is 7. The lowest BCUT2D eigenvalue weighted by Gasteiger charge is -2.29. The van der Waals surface area contributed by atoms with Gasteiger partial charge in [-0.3, -0.25) is 4.90 Å². The molecule has 10 heteroatoms. The maximum Gasteiger partial charge on any atom is 0.414 e. The molecular weight excluding hydrogens is 344 g/mol. The Morgan fingerprint density at radius 2 is 2.23 bits per heavy atom. The van der Waals surface area contributed by atoms with E-state index in [2.05, 4.69) is 15.2 Å². The van der Waals surface area contributed by atoms with E-state index in [9.17, 15) is 9.59 Å². The van der Waals surface area contributed by atoms with Gasteiger partial charge in [0.2, 0.25) is 0 Å². The van der Waals surface area contributed by atoms with Gasteiger partial charge in [-0.1, -0.05) is 5.16 Å². The van der Waals surface area contributed by atoms with E-state index < -0.39 is 18.3 Å². The summed E-state index contributed by atoms with van der Waals surface area (Å²) >= 11 is 0. The largest absolute Gasteiger partial charge is 0.483 e. The van der Waals surface area contributed by atoms with Crippen LogP contribution in [0.4, 0.5) is 21.0 Å². The molecular formula is C16H20N4O6. The van der Waals surface area contributed by atoms with E-state index in [4.69, 9.17) is 14.3 Å². The summed E-state index contributed by atoms with van der Waals surface area (Å²) in [6, 6.07) is 5.40. The fraction of sp³-hybridized carbons (Fsp3) is 0.438. The Kier molecular flexibility index (Phi) is 5.01. The highest BCUT2D eigenvalue weighted by molar-refractivity contribution is 6.01. The molecule has 1 fully saturated rings. The third-order valence-electron chi connectivity index (χ3n) is 4.09. The Hall–Kier alpha value is -3.17. The van der Waals surface area contributed by atoms with Crippen LogP contribution in [0.25, 0.3) is 0 Å². The second kappa shape index (κ2) is 7.38. The molecule has 2 aliphatic rings. The summed E-state index contributed by atoms with van der Waals surface area (Å²) in [6.45, 7) is 0.751. The van der Waals surface area contributed by atoms with Crippen molar-refractivity contribution >= 4 is 29.4 Å². The van der Waals surface area contributed by atoms with Crippen molar-refractivity contribution in [2.45, 2.75) is 6.10 Å². The molecule has 0 aliphatic carbocycles. The topological polar surface area (TPSA) is 102 Å². The van der Waals surface area contributed by atoms with Crippen molar-refractivity contribution in [1.29, 1.82) is 0 Å². The lowest BCUT2D eigenvalue weighted by atomic mass is 10.2. The van der Waals surface area contributed by atoms with E-state index in [1.165, 1.54) is 19.1 Å². The minimum absolute atomic E-state index is 0.177. The van der Waals surface area contributed by atoms with Crippen LogP contribution in [-0.4, -0.2) is 65.1 Å². The number of likely N-dealkylation sites (N-methyl/N-ethyl adjacent to an activating group) is 1. The van der Waals surface area contributed by atoms with E-state index in [0.29, 0.717) is 23.8 Å². The van der Waals surface area contributed by atoms with E-state index in [1.54, 1.807) is 12.1 Å². The zero-order valence-corrected chi connectivity index (χ0v) is 14.7. The molecule has 1 saturated heterocycles. The number of ether oxygens (including phenoxy) is 3. The summed E-state index contributed by atoms with van der Waals surface area (Å²) < 4.78 is 15.5. The first-order valence-electron chi connectivity index (χ1n) is 7.94. The number of fused-ring (bicyclic) bond motifs is 1. The number of anilines is 2. The van der Waals surface area contributed by atoms with E-state index in [1.807, 2.05) is 18.0 Å². The van der Waals surface area contributed by atoms with Gasteiger partial charge in [0.15, 0.2) is 5.84 Å². The van der Waals surface area contributed by atoms with Crippen LogP contribution >= 0.6 is 0 Å². The van der Waals surface area contributed by atoms with Crippen LogP contribution in [-0.2, 0) is 14.3 Å². The van der Waals surface area contributed by atoms with Gasteiger partial charge in [0.25, 0.3) is 0 Å². The van der Waals surface area contributed by atoms with Gasteiger partial charge in [-0.25, -0.2) is 9.59 Å². The number of rotatable bonds is 4. The monoisotopic (exact) mass is 364 g/mol. The third kappa shape index (κ3) is 3.44. The number of benzene rings is 1. The number of carbonyl (C=O) groups is 2. The van der Waals surface area contributed by atoms with Crippen molar-refractivity contribution in [2.75, 3.05) is 50.8 Å². The number of hydrogen-bond donors (Lipinski definition) is 1. The van der Waals surface area contributed by atoms with Gasteiger partial charge in [0.05, 0.1) is 31.6 Å². The molecule has 0 unspecified atom stereocenters. The molecule has 140 valence electrons. The minimum Gasteiger partial charge on any atom is -0.483 e. The number of amides is 2. The summed E-state index contributed by atoms with van der Waals surface area (Å²) in [5, 5.41) is 6.43. The predicted molar refractivity (Wildman–Crippen MR) is 92.8 cm³/mol. The molecule has 26 heavy (non-hydrogen) atoms. The lowest BCUT2D eigenvalue weighted by molar-refractivity contribution is 0.132. The molecule has 1 aromatic carbocycles. The minimum atomic E-state index is -0.571. The molecule has 0 radical (unpaired) electrons. The normalized spacial score (nSPS) is 20.3. The Morgan fingerprint density at radius 1 is 1.42 bits per heavy atom. The van der Waals surface area contributed by atoms with Crippen molar-refractivity contribution in [3.63, 3.8) is 0 Å². The van der Waals surface area contributed by atoms with Crippen LogP contribution in [0.15, 0.2) is 23.4 Å². The summed E-state index contributed by atoms with van der Waals surface area (Å²) in [6.07, 6.45) is -1.51. The quantitative estimate of drug-likeness (QED) is 0.800. The number of methoxy groups -OCH3 is 1. The first kappa shape index (κ1) is 17.6. The Morgan fingerprint density at radius 3 is 2.96 bits per heavy atom. The summed E-state index contributed by atoms with van der Waals surface area (Å²) in [4.78, 5) is 31.4. The molecule has 10 nitrogen and oxygen atoms in total. The van der Waals surface area contributed by atoms with Gasteiger partial charge >= 0.3 is 12.2 Å². The number of cyclic esters (lactones) is 1. The maximum atomic E-state index is 12.1. The Labute approximate surface area is 150 Å².